The molecular weight excluding hydrogens is 530 g/mol. The highest BCUT2D eigenvalue weighted by molar-refractivity contribution is 6.31. The van der Waals surface area contributed by atoms with Crippen LogP contribution in [0.25, 0.3) is 0 Å². The molecule has 3 rings (SSSR count). The Morgan fingerprint density at radius 3 is 1.61 bits per heavy atom. The van der Waals surface area contributed by atoms with Gasteiger partial charge in [0.25, 0.3) is 0 Å². The summed E-state index contributed by atoms with van der Waals surface area (Å²) in [6.45, 7) is 10.8. The number of hydrogen-bond donors (Lipinski definition) is 2. The molecule has 3 aromatic carbocycles. The molecule has 0 aliphatic carbocycles. The first-order valence-electron chi connectivity index (χ1n) is 11.5. The second kappa shape index (κ2) is 17.6. The molecule has 3 nitrogen and oxygen atoms in total. The molecule has 3 aromatic rings. The molecule has 0 spiro atoms. The van der Waals surface area contributed by atoms with Crippen LogP contribution < -0.4 is 11.1 Å². The van der Waals surface area contributed by atoms with E-state index in [-0.39, 0.29) is 17.5 Å². The van der Waals surface area contributed by atoms with Gasteiger partial charge in [-0.15, -0.1) is 0 Å². The Bertz CT molecular complexity index is 1020. The van der Waals surface area contributed by atoms with Crippen molar-refractivity contribution >= 4 is 34.8 Å². The number of rotatable bonds is 8. The minimum atomic E-state index is -0.302. The largest absolute Gasteiger partial charge is 0.329 e. The van der Waals surface area contributed by atoms with Crippen LogP contribution >= 0.6 is 34.8 Å². The maximum Gasteiger partial charge on any atom is 0.124 e. The highest BCUT2D eigenvalue weighted by Gasteiger charge is 2.03. The summed E-state index contributed by atoms with van der Waals surface area (Å²) in [5.41, 5.74) is 8.24. The highest BCUT2D eigenvalue weighted by atomic mass is 35.5. The molecule has 0 fully saturated rings. The van der Waals surface area contributed by atoms with E-state index >= 15 is 0 Å². The number of nitrogens with zero attached hydrogens (tertiary/aromatic N) is 1. The van der Waals surface area contributed by atoms with E-state index in [9.17, 15) is 13.2 Å². The number of benzene rings is 3. The van der Waals surface area contributed by atoms with Crippen LogP contribution in [0.2, 0.25) is 15.1 Å². The minimum Gasteiger partial charge on any atom is -0.329 e. The standard InChI is InChI=1S/C13H21ClFN3.2C7H6ClF/c1-2-18(7-5-16)8-6-17-10-11-3-4-12(15)9-13(11)14;2*1-5-2-3-6(9)4-7(5)8/h3-4,9,17H,2,5-8,10,16H2,1H3;2*2-4H,1H3. The summed E-state index contributed by atoms with van der Waals surface area (Å²) in [5.74, 6) is -0.875. The molecule has 3 N–H and O–H groups in total. The van der Waals surface area contributed by atoms with Gasteiger partial charge in [-0.05, 0) is 73.5 Å². The molecule has 0 saturated heterocycles. The number of nitrogens with two attached hydrogens (primary N) is 1. The Morgan fingerprint density at radius 1 is 0.750 bits per heavy atom. The van der Waals surface area contributed by atoms with E-state index < -0.39 is 0 Å². The summed E-state index contributed by atoms with van der Waals surface area (Å²) in [5, 5.41) is 4.73. The topological polar surface area (TPSA) is 41.3 Å². The van der Waals surface area contributed by atoms with Crippen molar-refractivity contribution in [2.45, 2.75) is 27.3 Å². The van der Waals surface area contributed by atoms with E-state index in [0.717, 1.165) is 42.9 Å². The van der Waals surface area contributed by atoms with E-state index in [4.69, 9.17) is 40.5 Å². The first kappa shape index (κ1) is 32.2. The number of likely N-dealkylation sites (N-methyl/N-ethyl adjacent to an activating group) is 1. The third-order valence-electron chi connectivity index (χ3n) is 5.10. The molecule has 0 heterocycles. The van der Waals surface area contributed by atoms with Crippen molar-refractivity contribution in [3.05, 3.63) is 104 Å². The molecule has 0 bridgehead atoms. The zero-order chi connectivity index (χ0) is 27.1. The molecule has 0 saturated carbocycles. The predicted molar refractivity (Wildman–Crippen MR) is 147 cm³/mol. The third kappa shape index (κ3) is 12.9. The normalized spacial score (nSPS) is 10.4. The summed E-state index contributed by atoms with van der Waals surface area (Å²) in [4.78, 5) is 2.28. The monoisotopic (exact) mass is 561 g/mol. The number of halogens is 6. The lowest BCUT2D eigenvalue weighted by Crippen LogP contribution is -2.35. The van der Waals surface area contributed by atoms with Crippen LogP contribution in [0.4, 0.5) is 13.2 Å². The fourth-order valence-corrected chi connectivity index (χ4v) is 3.44. The van der Waals surface area contributed by atoms with E-state index in [1.54, 1.807) is 18.2 Å². The SMILES string of the molecule is CCN(CCN)CCNCc1ccc(F)cc1Cl.Cc1ccc(F)cc1Cl.Cc1ccc(F)cc1Cl. The lowest BCUT2D eigenvalue weighted by Gasteiger charge is -2.19. The van der Waals surface area contributed by atoms with Crippen molar-refractivity contribution < 1.29 is 13.2 Å². The van der Waals surface area contributed by atoms with Crippen LogP contribution in [0, 0.1) is 31.3 Å². The predicted octanol–water partition coefficient (Wildman–Crippen LogP) is 7.42. The van der Waals surface area contributed by atoms with Gasteiger partial charge >= 0.3 is 0 Å². The average molecular weight is 563 g/mol. The molecule has 198 valence electrons. The first-order valence-corrected chi connectivity index (χ1v) is 12.6. The van der Waals surface area contributed by atoms with Gasteiger partial charge in [0.15, 0.2) is 0 Å². The Morgan fingerprint density at radius 2 is 1.22 bits per heavy atom. The Hall–Kier alpha value is -1.80. The molecule has 0 aliphatic rings. The number of aryl methyl sites for hydroxylation is 2. The molecule has 0 atom stereocenters. The quantitative estimate of drug-likeness (QED) is 0.281. The molecular formula is C27H33Cl3F3N3. The summed E-state index contributed by atoms with van der Waals surface area (Å²) in [6.07, 6.45) is 0. The van der Waals surface area contributed by atoms with E-state index in [1.807, 2.05) is 13.8 Å². The summed E-state index contributed by atoms with van der Waals surface area (Å²) in [7, 11) is 0. The van der Waals surface area contributed by atoms with Crippen molar-refractivity contribution in [2.75, 3.05) is 32.7 Å². The zero-order valence-electron chi connectivity index (χ0n) is 20.7. The molecule has 36 heavy (non-hydrogen) atoms. The molecule has 0 amide bonds. The Balaban J connectivity index is 0.000000300. The van der Waals surface area contributed by atoms with Crippen LogP contribution in [0.5, 0.6) is 0 Å². The lowest BCUT2D eigenvalue weighted by atomic mass is 10.2. The molecule has 0 radical (unpaired) electrons. The van der Waals surface area contributed by atoms with Crippen molar-refractivity contribution in [1.29, 1.82) is 0 Å². The van der Waals surface area contributed by atoms with Crippen molar-refractivity contribution in [3.63, 3.8) is 0 Å². The van der Waals surface area contributed by atoms with Gasteiger partial charge in [0.05, 0.1) is 0 Å². The molecule has 9 heteroatoms. The van der Waals surface area contributed by atoms with Gasteiger partial charge < -0.3 is 16.0 Å². The van der Waals surface area contributed by atoms with Gasteiger partial charge in [-0.25, -0.2) is 13.2 Å². The second-order valence-electron chi connectivity index (χ2n) is 7.92. The van der Waals surface area contributed by atoms with E-state index in [1.165, 1.54) is 36.4 Å². The number of hydrogen-bond acceptors (Lipinski definition) is 3. The average Bonchev–Trinajstić information content (AvgIpc) is 2.83. The first-order chi connectivity index (χ1) is 17.1. The zero-order valence-corrected chi connectivity index (χ0v) is 23.0. The van der Waals surface area contributed by atoms with Crippen LogP contribution in [0.3, 0.4) is 0 Å². The number of nitrogens with one attached hydrogen (secondary N) is 1. The minimum absolute atomic E-state index is 0.286. The van der Waals surface area contributed by atoms with Gasteiger partial charge in [-0.2, -0.15) is 0 Å². The Kier molecular flexibility index (Phi) is 15.8. The lowest BCUT2D eigenvalue weighted by molar-refractivity contribution is 0.295. The summed E-state index contributed by atoms with van der Waals surface area (Å²) in [6, 6.07) is 13.2. The highest BCUT2D eigenvalue weighted by Crippen LogP contribution is 2.17. The summed E-state index contributed by atoms with van der Waals surface area (Å²) < 4.78 is 37.4. The van der Waals surface area contributed by atoms with Crippen LogP contribution in [-0.2, 0) is 6.54 Å². The summed E-state index contributed by atoms with van der Waals surface area (Å²) >= 11 is 17.1. The van der Waals surface area contributed by atoms with E-state index in [2.05, 4.69) is 17.1 Å². The molecule has 0 aliphatic heterocycles. The fraction of sp³-hybridized carbons (Fsp3) is 0.333. The van der Waals surface area contributed by atoms with Crippen LogP contribution in [-0.4, -0.2) is 37.6 Å². The van der Waals surface area contributed by atoms with Gasteiger partial charge in [0, 0.05) is 47.8 Å². The van der Waals surface area contributed by atoms with Gasteiger partial charge in [-0.3, -0.25) is 0 Å². The van der Waals surface area contributed by atoms with Gasteiger partial charge in [0.2, 0.25) is 0 Å². The maximum atomic E-state index is 12.8. The molecule has 0 aromatic heterocycles. The van der Waals surface area contributed by atoms with Crippen molar-refractivity contribution in [2.24, 2.45) is 5.73 Å². The second-order valence-corrected chi connectivity index (χ2v) is 9.14. The van der Waals surface area contributed by atoms with Gasteiger partial charge in [-0.1, -0.05) is 59.9 Å². The Labute approximate surface area is 227 Å². The van der Waals surface area contributed by atoms with Gasteiger partial charge in [0.1, 0.15) is 17.5 Å². The fourth-order valence-electron chi connectivity index (χ4n) is 2.87. The maximum absolute atomic E-state index is 12.8. The smallest absolute Gasteiger partial charge is 0.124 e. The van der Waals surface area contributed by atoms with Crippen LogP contribution in [0.15, 0.2) is 54.6 Å². The van der Waals surface area contributed by atoms with Crippen LogP contribution in [0.1, 0.15) is 23.6 Å². The van der Waals surface area contributed by atoms with Crippen molar-refractivity contribution in [1.82, 2.24) is 10.2 Å². The third-order valence-corrected chi connectivity index (χ3v) is 6.26. The van der Waals surface area contributed by atoms with E-state index in [0.29, 0.717) is 28.2 Å². The van der Waals surface area contributed by atoms with Crippen molar-refractivity contribution in [3.8, 4) is 0 Å². The molecule has 0 unspecified atom stereocenters.